The lowest BCUT2D eigenvalue weighted by Gasteiger charge is -2.04. The van der Waals surface area contributed by atoms with E-state index in [4.69, 9.17) is 5.73 Å². The Kier molecular flexibility index (Phi) is 3.25. The zero-order valence-electron chi connectivity index (χ0n) is 11.5. The van der Waals surface area contributed by atoms with Gasteiger partial charge in [-0.05, 0) is 41.4 Å². The van der Waals surface area contributed by atoms with Crippen LogP contribution >= 0.6 is 15.9 Å². The maximum absolute atomic E-state index is 6.27. The van der Waals surface area contributed by atoms with Crippen LogP contribution in [0.2, 0.25) is 0 Å². The Hall–Kier alpha value is -1.82. The van der Waals surface area contributed by atoms with Crippen molar-refractivity contribution >= 4 is 27.4 Å². The Morgan fingerprint density at radius 3 is 2.90 bits per heavy atom. The number of nitrogens with two attached hydrogens (primary N) is 1. The van der Waals surface area contributed by atoms with E-state index in [0.29, 0.717) is 5.82 Å². The van der Waals surface area contributed by atoms with E-state index in [1.165, 1.54) is 0 Å². The van der Waals surface area contributed by atoms with Crippen molar-refractivity contribution in [3.05, 3.63) is 34.7 Å². The number of nitrogen functional groups attached to an aromatic ring is 1. The Balaban J connectivity index is 2.16. The number of anilines is 1. The first-order chi connectivity index (χ1) is 9.61. The molecule has 3 heterocycles. The summed E-state index contributed by atoms with van der Waals surface area (Å²) in [5.74, 6) is 0.648. The molecule has 0 aliphatic carbocycles. The van der Waals surface area contributed by atoms with Crippen molar-refractivity contribution in [2.45, 2.75) is 26.8 Å². The second-order valence-corrected chi connectivity index (χ2v) is 5.65. The van der Waals surface area contributed by atoms with E-state index in [1.54, 1.807) is 0 Å². The number of halogens is 1. The molecule has 6 heteroatoms. The van der Waals surface area contributed by atoms with E-state index in [9.17, 15) is 0 Å². The van der Waals surface area contributed by atoms with Gasteiger partial charge in [-0.2, -0.15) is 5.10 Å². The lowest BCUT2D eigenvalue weighted by atomic mass is 10.2. The molecule has 20 heavy (non-hydrogen) atoms. The van der Waals surface area contributed by atoms with Crippen LogP contribution in [0.15, 0.2) is 29.0 Å². The molecule has 3 aromatic rings. The van der Waals surface area contributed by atoms with Gasteiger partial charge in [0.05, 0.1) is 6.20 Å². The van der Waals surface area contributed by atoms with Crippen molar-refractivity contribution < 1.29 is 0 Å². The van der Waals surface area contributed by atoms with Crippen molar-refractivity contribution in [1.82, 2.24) is 19.2 Å². The zero-order valence-corrected chi connectivity index (χ0v) is 13.1. The summed E-state index contributed by atoms with van der Waals surface area (Å²) in [4.78, 5) is 4.62. The third kappa shape index (κ3) is 2.00. The number of pyridine rings is 1. The molecule has 0 fully saturated rings. The normalized spacial score (nSPS) is 11.3. The summed E-state index contributed by atoms with van der Waals surface area (Å²) in [7, 11) is 0. The van der Waals surface area contributed by atoms with Crippen LogP contribution < -0.4 is 5.73 Å². The molecule has 0 saturated heterocycles. The van der Waals surface area contributed by atoms with E-state index in [0.717, 1.165) is 40.0 Å². The van der Waals surface area contributed by atoms with Crippen LogP contribution in [-0.4, -0.2) is 19.2 Å². The van der Waals surface area contributed by atoms with E-state index in [-0.39, 0.29) is 0 Å². The van der Waals surface area contributed by atoms with Gasteiger partial charge in [0, 0.05) is 28.5 Å². The fraction of sp³-hybridized carbons (Fsp3) is 0.286. The maximum Gasteiger partial charge on any atom is 0.139 e. The molecule has 0 amide bonds. The fourth-order valence-electron chi connectivity index (χ4n) is 2.34. The first-order valence-corrected chi connectivity index (χ1v) is 7.37. The highest BCUT2D eigenvalue weighted by Gasteiger charge is 2.15. The molecule has 2 N–H and O–H groups in total. The minimum absolute atomic E-state index is 0.648. The molecular weight excluding hydrogens is 318 g/mol. The Labute approximate surface area is 125 Å². The van der Waals surface area contributed by atoms with Crippen molar-refractivity contribution in [3.8, 4) is 11.3 Å². The second kappa shape index (κ2) is 4.94. The van der Waals surface area contributed by atoms with Gasteiger partial charge < -0.3 is 5.73 Å². The highest BCUT2D eigenvalue weighted by Crippen LogP contribution is 2.29. The van der Waals surface area contributed by atoms with Gasteiger partial charge in [-0.25, -0.2) is 4.98 Å². The quantitative estimate of drug-likeness (QED) is 0.800. The number of aryl methyl sites for hydroxylation is 2. The third-order valence-electron chi connectivity index (χ3n) is 3.36. The number of aromatic nitrogens is 4. The average molecular weight is 334 g/mol. The number of hydrogen-bond acceptors (Lipinski definition) is 3. The predicted molar refractivity (Wildman–Crippen MR) is 83.6 cm³/mol. The van der Waals surface area contributed by atoms with Crippen LogP contribution in [0.1, 0.15) is 19.0 Å². The van der Waals surface area contributed by atoms with Crippen LogP contribution in [-0.2, 0) is 6.54 Å². The van der Waals surface area contributed by atoms with Gasteiger partial charge in [0.15, 0.2) is 0 Å². The average Bonchev–Trinajstić information content (AvgIpc) is 3.00. The van der Waals surface area contributed by atoms with E-state index in [1.807, 2.05) is 40.5 Å². The minimum Gasteiger partial charge on any atom is -0.383 e. The van der Waals surface area contributed by atoms with Crippen molar-refractivity contribution in [2.75, 3.05) is 5.73 Å². The number of hydrogen-bond donors (Lipinski definition) is 1. The van der Waals surface area contributed by atoms with Gasteiger partial charge in [-0.1, -0.05) is 6.92 Å². The lowest BCUT2D eigenvalue weighted by Crippen LogP contribution is -1.98. The lowest BCUT2D eigenvalue weighted by molar-refractivity contribution is 0.603. The maximum atomic E-state index is 6.27. The topological polar surface area (TPSA) is 61.1 Å². The van der Waals surface area contributed by atoms with E-state index >= 15 is 0 Å². The van der Waals surface area contributed by atoms with Crippen LogP contribution in [0.3, 0.4) is 0 Å². The molecule has 0 bridgehead atoms. The second-order valence-electron chi connectivity index (χ2n) is 4.80. The first-order valence-electron chi connectivity index (χ1n) is 6.57. The van der Waals surface area contributed by atoms with Crippen LogP contribution in [0.4, 0.5) is 5.82 Å². The van der Waals surface area contributed by atoms with E-state index < -0.39 is 0 Å². The summed E-state index contributed by atoms with van der Waals surface area (Å²) in [5.41, 5.74) is 9.90. The first kappa shape index (κ1) is 13.2. The van der Waals surface area contributed by atoms with Gasteiger partial charge in [0.2, 0.25) is 0 Å². The molecular formula is C14H16BrN5. The molecule has 0 unspecified atom stereocenters. The summed E-state index contributed by atoms with van der Waals surface area (Å²) in [6.07, 6.45) is 4.86. The van der Waals surface area contributed by atoms with Gasteiger partial charge in [-0.15, -0.1) is 0 Å². The summed E-state index contributed by atoms with van der Waals surface area (Å²) in [6.45, 7) is 5.04. The van der Waals surface area contributed by atoms with Gasteiger partial charge >= 0.3 is 0 Å². The Morgan fingerprint density at radius 2 is 2.15 bits per heavy atom. The summed E-state index contributed by atoms with van der Waals surface area (Å²) in [6, 6.07) is 3.94. The van der Waals surface area contributed by atoms with Crippen LogP contribution in [0.25, 0.3) is 16.9 Å². The molecule has 3 aromatic heterocycles. The molecule has 3 rings (SSSR count). The third-order valence-corrected chi connectivity index (χ3v) is 4.20. The SMILES string of the molecule is CCCn1cc(-c2nc3ccc(Br)c(C)n3c2N)cn1. The van der Waals surface area contributed by atoms with Crippen molar-refractivity contribution in [3.63, 3.8) is 0 Å². The molecule has 104 valence electrons. The van der Waals surface area contributed by atoms with Gasteiger partial charge in [0.25, 0.3) is 0 Å². The molecule has 0 aliphatic heterocycles. The highest BCUT2D eigenvalue weighted by molar-refractivity contribution is 9.10. The largest absolute Gasteiger partial charge is 0.383 e. The molecule has 0 aromatic carbocycles. The summed E-state index contributed by atoms with van der Waals surface area (Å²) < 4.78 is 4.89. The Bertz CT molecular complexity index is 771. The van der Waals surface area contributed by atoms with Crippen LogP contribution in [0, 0.1) is 6.92 Å². The standard InChI is InChI=1S/C14H16BrN5/c1-3-6-19-8-10(7-17-19)13-14(16)20-9(2)11(15)4-5-12(20)18-13/h4-5,7-8H,3,6,16H2,1-2H3. The molecule has 0 aliphatic rings. The number of rotatable bonds is 3. The predicted octanol–water partition coefficient (Wildman–Crippen LogP) is 3.26. The molecule has 0 atom stereocenters. The van der Waals surface area contributed by atoms with Crippen molar-refractivity contribution in [1.29, 1.82) is 0 Å². The van der Waals surface area contributed by atoms with Crippen molar-refractivity contribution in [2.24, 2.45) is 0 Å². The number of fused-ring (bicyclic) bond motifs is 1. The minimum atomic E-state index is 0.648. The Morgan fingerprint density at radius 1 is 1.35 bits per heavy atom. The molecule has 0 radical (unpaired) electrons. The molecule has 0 saturated carbocycles. The summed E-state index contributed by atoms with van der Waals surface area (Å²) >= 11 is 3.52. The van der Waals surface area contributed by atoms with Gasteiger partial charge in [0.1, 0.15) is 17.2 Å². The molecule has 0 spiro atoms. The highest BCUT2D eigenvalue weighted by atomic mass is 79.9. The van der Waals surface area contributed by atoms with Crippen LogP contribution in [0.5, 0.6) is 0 Å². The monoisotopic (exact) mass is 333 g/mol. The van der Waals surface area contributed by atoms with Gasteiger partial charge in [-0.3, -0.25) is 9.08 Å². The molecule has 5 nitrogen and oxygen atoms in total. The fourth-order valence-corrected chi connectivity index (χ4v) is 2.65. The number of nitrogens with zero attached hydrogens (tertiary/aromatic N) is 4. The zero-order chi connectivity index (χ0) is 14.3. The van der Waals surface area contributed by atoms with E-state index in [2.05, 4.69) is 32.9 Å². The summed E-state index contributed by atoms with van der Waals surface area (Å²) in [5, 5.41) is 4.34. The number of imidazole rings is 1. The smallest absolute Gasteiger partial charge is 0.139 e.